The van der Waals surface area contributed by atoms with Crippen molar-refractivity contribution in [2.24, 2.45) is 0 Å². The van der Waals surface area contributed by atoms with E-state index in [4.69, 9.17) is 0 Å². The Balaban J connectivity index is 0.922. The number of hydrogen-bond acceptors (Lipinski definition) is 0. The Morgan fingerprint density at radius 3 is 1.11 bits per heavy atom. The molecule has 0 radical (unpaired) electrons. The predicted molar refractivity (Wildman–Crippen MR) is 322 cm³/mol. The lowest BCUT2D eigenvalue weighted by Gasteiger charge is -2.36. The van der Waals surface area contributed by atoms with Gasteiger partial charge in [0.1, 0.15) is 0 Å². The van der Waals surface area contributed by atoms with Gasteiger partial charge in [-0.2, -0.15) is 0 Å². The summed E-state index contributed by atoms with van der Waals surface area (Å²) in [6, 6.07) is 90.4. The van der Waals surface area contributed by atoms with Gasteiger partial charge in [0.25, 0.3) is 0 Å². The van der Waals surface area contributed by atoms with E-state index >= 15 is 0 Å². The van der Waals surface area contributed by atoms with E-state index in [9.17, 15) is 0 Å². The van der Waals surface area contributed by atoms with Gasteiger partial charge in [0.15, 0.2) is 0 Å². The molecule has 11 aromatic carbocycles. The van der Waals surface area contributed by atoms with Gasteiger partial charge in [0, 0.05) is 10.8 Å². The standard InChI is InChI=1S/C76H60/c1-5-21-52(22-6-1)68(53-23-7-2-8-24-53)45-51-33-35-54(36-34-51)73-64-27-9-11-29-66(64)74(67-30-12-10-28-65(67)73)59-47-57(55-37-39-62-60-25-13-15-31-69(60)75(71(62)49-55)41-17-3-18-42-75)46-58(48-59)56-38-40-63-61-26-14-16-32-70(61)76(72(63)50-56)43-19-4-20-44-76/h1-2,5-16,21-40,45-50H,3-4,17-20,41-44H2. The molecule has 0 saturated heterocycles. The molecule has 0 heteroatoms. The molecule has 0 atom stereocenters. The van der Waals surface area contributed by atoms with Crippen molar-refractivity contribution in [1.82, 2.24) is 0 Å². The minimum Gasteiger partial charge on any atom is -0.0622 e. The van der Waals surface area contributed by atoms with Crippen molar-refractivity contribution in [3.8, 4) is 66.8 Å². The van der Waals surface area contributed by atoms with E-state index in [0.717, 1.165) is 0 Å². The van der Waals surface area contributed by atoms with E-state index < -0.39 is 0 Å². The van der Waals surface area contributed by atoms with Crippen molar-refractivity contribution in [3.63, 3.8) is 0 Å². The average Bonchev–Trinajstić information content (AvgIpc) is 3.93. The molecule has 2 fully saturated rings. The molecule has 4 aliphatic carbocycles. The third kappa shape index (κ3) is 7.18. The van der Waals surface area contributed by atoms with Gasteiger partial charge >= 0.3 is 0 Å². The highest BCUT2D eigenvalue weighted by atomic mass is 14.5. The predicted octanol–water partition coefficient (Wildman–Crippen LogP) is 20.7. The number of hydrogen-bond donors (Lipinski definition) is 0. The first-order valence-electron chi connectivity index (χ1n) is 28.2. The van der Waals surface area contributed by atoms with Crippen LogP contribution in [0.3, 0.4) is 0 Å². The molecule has 2 saturated carbocycles. The smallest absolute Gasteiger partial charge is 0.0215 e. The molecular formula is C76H60. The van der Waals surface area contributed by atoms with Crippen LogP contribution in [-0.4, -0.2) is 0 Å². The number of benzene rings is 11. The monoisotopic (exact) mass is 972 g/mol. The summed E-state index contributed by atoms with van der Waals surface area (Å²) >= 11 is 0. The largest absolute Gasteiger partial charge is 0.0622 e. The van der Waals surface area contributed by atoms with Crippen molar-refractivity contribution >= 4 is 33.2 Å². The molecule has 364 valence electrons. The molecule has 76 heavy (non-hydrogen) atoms. The maximum absolute atomic E-state index is 2.61. The summed E-state index contributed by atoms with van der Waals surface area (Å²) in [5, 5.41) is 5.08. The third-order valence-corrected chi connectivity index (χ3v) is 18.4. The van der Waals surface area contributed by atoms with E-state index in [1.165, 1.54) is 186 Å². The van der Waals surface area contributed by atoms with Crippen LogP contribution < -0.4 is 0 Å². The maximum Gasteiger partial charge on any atom is 0.0215 e. The first kappa shape index (κ1) is 45.1. The van der Waals surface area contributed by atoms with Crippen LogP contribution in [0.1, 0.15) is 103 Å². The van der Waals surface area contributed by atoms with Crippen LogP contribution in [0, 0.1) is 0 Å². The van der Waals surface area contributed by atoms with E-state index in [1.54, 1.807) is 11.1 Å². The normalized spacial score (nSPS) is 15.6. The van der Waals surface area contributed by atoms with Crippen molar-refractivity contribution in [3.05, 3.63) is 276 Å². The summed E-state index contributed by atoms with van der Waals surface area (Å²) in [4.78, 5) is 0. The number of rotatable bonds is 7. The molecule has 0 bridgehead atoms. The first-order chi connectivity index (χ1) is 37.6. The molecular weight excluding hydrogens is 913 g/mol. The van der Waals surface area contributed by atoms with Gasteiger partial charge in [-0.1, -0.05) is 245 Å². The van der Waals surface area contributed by atoms with Crippen LogP contribution >= 0.6 is 0 Å². The van der Waals surface area contributed by atoms with Crippen LogP contribution in [0.4, 0.5) is 0 Å². The van der Waals surface area contributed by atoms with Gasteiger partial charge in [-0.3, -0.25) is 0 Å². The Kier molecular flexibility index (Phi) is 10.8. The summed E-state index contributed by atoms with van der Waals surface area (Å²) < 4.78 is 0. The fourth-order valence-electron chi connectivity index (χ4n) is 15.0. The van der Waals surface area contributed by atoms with Gasteiger partial charge in [0.2, 0.25) is 0 Å². The molecule has 0 unspecified atom stereocenters. The Morgan fingerprint density at radius 2 is 0.645 bits per heavy atom. The van der Waals surface area contributed by atoms with Crippen molar-refractivity contribution < 1.29 is 0 Å². The molecule has 11 aromatic rings. The summed E-state index contributed by atoms with van der Waals surface area (Å²) in [7, 11) is 0. The Morgan fingerprint density at radius 1 is 0.276 bits per heavy atom. The second-order valence-electron chi connectivity index (χ2n) is 22.4. The fraction of sp³-hybridized carbons (Fsp3) is 0.158. The molecule has 4 aliphatic rings. The molecule has 15 rings (SSSR count). The second kappa shape index (κ2) is 18.2. The van der Waals surface area contributed by atoms with E-state index in [1.807, 2.05) is 0 Å². The van der Waals surface area contributed by atoms with Crippen LogP contribution in [0.5, 0.6) is 0 Å². The zero-order valence-corrected chi connectivity index (χ0v) is 43.2. The van der Waals surface area contributed by atoms with Crippen molar-refractivity contribution in [2.45, 2.75) is 75.0 Å². The van der Waals surface area contributed by atoms with Gasteiger partial charge in [-0.25, -0.2) is 0 Å². The molecule has 2 spiro atoms. The van der Waals surface area contributed by atoms with Gasteiger partial charge in [-0.05, 0) is 195 Å². The molecule has 0 heterocycles. The van der Waals surface area contributed by atoms with Crippen LogP contribution in [0.15, 0.2) is 237 Å². The summed E-state index contributed by atoms with van der Waals surface area (Å²) in [6.07, 6.45) is 15.0. The summed E-state index contributed by atoms with van der Waals surface area (Å²) in [6.45, 7) is 0. The fourth-order valence-corrected chi connectivity index (χ4v) is 15.0. The lowest BCUT2D eigenvalue weighted by atomic mass is 9.67. The van der Waals surface area contributed by atoms with Crippen molar-refractivity contribution in [2.75, 3.05) is 0 Å². The molecule has 0 aliphatic heterocycles. The lowest BCUT2D eigenvalue weighted by molar-refractivity contribution is 0.353. The third-order valence-electron chi connectivity index (χ3n) is 18.4. The van der Waals surface area contributed by atoms with E-state index in [-0.39, 0.29) is 10.8 Å². The van der Waals surface area contributed by atoms with Gasteiger partial charge in [-0.15, -0.1) is 0 Å². The van der Waals surface area contributed by atoms with Crippen LogP contribution in [0.2, 0.25) is 0 Å². The second-order valence-corrected chi connectivity index (χ2v) is 22.4. The molecule has 0 N–H and O–H groups in total. The topological polar surface area (TPSA) is 0 Å². The molecule has 0 aromatic heterocycles. The number of fused-ring (bicyclic) bond motifs is 12. The minimum atomic E-state index is 0.0761. The summed E-state index contributed by atoms with van der Waals surface area (Å²) in [5.74, 6) is 0. The Labute approximate surface area is 448 Å². The highest BCUT2D eigenvalue weighted by Gasteiger charge is 2.45. The Hall–Kier alpha value is -8.32. The van der Waals surface area contributed by atoms with E-state index in [2.05, 4.69) is 243 Å². The highest BCUT2D eigenvalue weighted by Crippen LogP contribution is 2.58. The van der Waals surface area contributed by atoms with E-state index in [0.29, 0.717) is 0 Å². The van der Waals surface area contributed by atoms with Crippen LogP contribution in [-0.2, 0) is 10.8 Å². The molecule has 0 nitrogen and oxygen atoms in total. The summed E-state index contributed by atoms with van der Waals surface area (Å²) in [5.41, 5.74) is 27.1. The lowest BCUT2D eigenvalue weighted by Crippen LogP contribution is -2.28. The minimum absolute atomic E-state index is 0.0761. The van der Waals surface area contributed by atoms with Crippen LogP contribution in [0.25, 0.3) is 100.0 Å². The average molecular weight is 973 g/mol. The molecule has 0 amide bonds. The van der Waals surface area contributed by atoms with Crippen molar-refractivity contribution in [1.29, 1.82) is 0 Å². The zero-order valence-electron chi connectivity index (χ0n) is 43.2. The van der Waals surface area contributed by atoms with Gasteiger partial charge in [0.05, 0.1) is 0 Å². The Bertz CT molecular complexity index is 3850. The quantitative estimate of drug-likeness (QED) is 0.110. The zero-order chi connectivity index (χ0) is 50.2. The first-order valence-corrected chi connectivity index (χ1v) is 28.2. The maximum atomic E-state index is 2.61. The highest BCUT2D eigenvalue weighted by molar-refractivity contribution is 6.21. The van der Waals surface area contributed by atoms with Gasteiger partial charge < -0.3 is 0 Å². The SMILES string of the molecule is C(=C(c1ccccc1)c1ccccc1)c1ccc(-c2c3ccccc3c(-c3cc(-c4ccc5c(c4)C4(CCCCC4)c4ccccc4-5)cc(-c4ccc5c(c4)C4(CCCCC4)c4ccccc4-5)c3)c3ccccc23)cc1.